The van der Waals surface area contributed by atoms with E-state index in [4.69, 9.17) is 4.74 Å². The third-order valence-corrected chi connectivity index (χ3v) is 4.79. The van der Waals surface area contributed by atoms with E-state index < -0.39 is 0 Å². The lowest BCUT2D eigenvalue weighted by atomic mass is 9.42. The Kier molecular flexibility index (Phi) is 1.71. The van der Waals surface area contributed by atoms with Crippen LogP contribution in [-0.2, 0) is 5.41 Å². The maximum atomic E-state index is 5.42. The van der Waals surface area contributed by atoms with E-state index in [2.05, 4.69) is 40.8 Å². The molecule has 2 heteroatoms. The van der Waals surface area contributed by atoms with E-state index in [-0.39, 0.29) is 0 Å². The van der Waals surface area contributed by atoms with Gasteiger partial charge in [-0.3, -0.25) is 0 Å². The fraction of sp³-hybridized carbons (Fsp3) is 0.500. The summed E-state index contributed by atoms with van der Waals surface area (Å²) in [6.07, 6.45) is 4.04. The number of halogens is 1. The summed E-state index contributed by atoms with van der Waals surface area (Å²) in [7, 11) is 1.77. The lowest BCUT2D eigenvalue weighted by Gasteiger charge is -2.68. The smallest absolute Gasteiger partial charge is 0.122 e. The standard InChI is InChI=1S/C12H13IO/c1-14-10-5-3-2-4-9(10)11-6-12(13,7-11)8-11/h2-5H,6-8H2,1H3. The molecule has 1 aromatic carbocycles. The average Bonchev–Trinajstić information content (AvgIpc) is 2.11. The van der Waals surface area contributed by atoms with Crippen molar-refractivity contribution in [3.8, 4) is 5.75 Å². The van der Waals surface area contributed by atoms with E-state index in [1.807, 2.05) is 6.07 Å². The number of benzene rings is 1. The van der Waals surface area contributed by atoms with Crippen LogP contribution in [0.1, 0.15) is 24.8 Å². The maximum Gasteiger partial charge on any atom is 0.122 e. The van der Waals surface area contributed by atoms with E-state index in [0.29, 0.717) is 8.84 Å². The van der Waals surface area contributed by atoms with Gasteiger partial charge in [-0.25, -0.2) is 0 Å². The molecule has 2 bridgehead atoms. The third kappa shape index (κ3) is 1.01. The van der Waals surface area contributed by atoms with Crippen LogP contribution < -0.4 is 4.74 Å². The molecule has 0 saturated heterocycles. The van der Waals surface area contributed by atoms with E-state index in [0.717, 1.165) is 5.75 Å². The molecule has 0 spiro atoms. The molecule has 0 N–H and O–H groups in total. The summed E-state index contributed by atoms with van der Waals surface area (Å²) in [6.45, 7) is 0. The highest BCUT2D eigenvalue weighted by Gasteiger charge is 2.67. The monoisotopic (exact) mass is 300 g/mol. The van der Waals surface area contributed by atoms with Gasteiger partial charge in [0.2, 0.25) is 0 Å². The molecule has 4 rings (SSSR count). The predicted octanol–water partition coefficient (Wildman–Crippen LogP) is 3.30. The number of rotatable bonds is 2. The third-order valence-electron chi connectivity index (χ3n) is 3.64. The van der Waals surface area contributed by atoms with Gasteiger partial charge in [0.1, 0.15) is 5.75 Å². The SMILES string of the molecule is COc1ccccc1C12CC(I)(C1)C2. The summed E-state index contributed by atoms with van der Waals surface area (Å²) in [6, 6.07) is 8.48. The molecule has 0 unspecified atom stereocenters. The van der Waals surface area contributed by atoms with E-state index >= 15 is 0 Å². The molecule has 74 valence electrons. The van der Waals surface area contributed by atoms with Gasteiger partial charge >= 0.3 is 0 Å². The Morgan fingerprint density at radius 1 is 1.21 bits per heavy atom. The maximum absolute atomic E-state index is 5.42. The van der Waals surface area contributed by atoms with Gasteiger partial charge in [-0.1, -0.05) is 40.8 Å². The molecule has 0 aromatic heterocycles. The lowest BCUT2D eigenvalue weighted by molar-refractivity contribution is 0.0199. The van der Waals surface area contributed by atoms with Gasteiger partial charge in [0.25, 0.3) is 0 Å². The van der Waals surface area contributed by atoms with E-state index in [9.17, 15) is 0 Å². The van der Waals surface area contributed by atoms with Crippen molar-refractivity contribution in [2.75, 3.05) is 7.11 Å². The van der Waals surface area contributed by atoms with Crippen molar-refractivity contribution in [1.29, 1.82) is 0 Å². The molecule has 3 aliphatic carbocycles. The Hall–Kier alpha value is -0.250. The summed E-state index contributed by atoms with van der Waals surface area (Å²) in [5.41, 5.74) is 1.91. The molecule has 1 aromatic rings. The quantitative estimate of drug-likeness (QED) is 0.601. The Balaban J connectivity index is 1.98. The van der Waals surface area contributed by atoms with Crippen LogP contribution in [0.25, 0.3) is 0 Å². The lowest BCUT2D eigenvalue weighted by Crippen LogP contribution is -2.66. The van der Waals surface area contributed by atoms with Gasteiger partial charge in [0.15, 0.2) is 0 Å². The van der Waals surface area contributed by atoms with Crippen LogP contribution in [-0.4, -0.2) is 10.5 Å². The molecular weight excluding hydrogens is 287 g/mol. The van der Waals surface area contributed by atoms with Gasteiger partial charge in [-0.05, 0) is 25.3 Å². The Morgan fingerprint density at radius 2 is 1.86 bits per heavy atom. The van der Waals surface area contributed by atoms with E-state index in [1.165, 1.54) is 24.8 Å². The van der Waals surface area contributed by atoms with Crippen molar-refractivity contribution < 1.29 is 4.74 Å². The number of alkyl halides is 1. The zero-order valence-corrected chi connectivity index (χ0v) is 10.4. The normalized spacial score (nSPS) is 38.4. The van der Waals surface area contributed by atoms with E-state index in [1.54, 1.807) is 7.11 Å². The number of methoxy groups -OCH3 is 1. The molecule has 3 aliphatic rings. The minimum atomic E-state index is 0.480. The van der Waals surface area contributed by atoms with Crippen molar-refractivity contribution >= 4 is 22.6 Å². The van der Waals surface area contributed by atoms with Gasteiger partial charge in [-0.15, -0.1) is 0 Å². The van der Waals surface area contributed by atoms with Crippen molar-refractivity contribution in [2.45, 2.75) is 28.1 Å². The first-order chi connectivity index (χ1) is 6.68. The second-order valence-electron chi connectivity index (χ2n) is 4.66. The van der Waals surface area contributed by atoms with Crippen LogP contribution >= 0.6 is 22.6 Å². The Bertz CT molecular complexity index is 366. The minimum Gasteiger partial charge on any atom is -0.496 e. The second kappa shape index (κ2) is 2.65. The van der Waals surface area contributed by atoms with Crippen LogP contribution in [0.15, 0.2) is 24.3 Å². The highest BCUT2D eigenvalue weighted by Crippen LogP contribution is 2.73. The Labute approximate surface area is 98.0 Å². The highest BCUT2D eigenvalue weighted by atomic mass is 127. The number of para-hydroxylation sites is 1. The summed E-state index contributed by atoms with van der Waals surface area (Å²) in [4.78, 5) is 0. The topological polar surface area (TPSA) is 9.23 Å². The van der Waals surface area contributed by atoms with Crippen molar-refractivity contribution in [1.82, 2.24) is 0 Å². The molecule has 0 amide bonds. The van der Waals surface area contributed by atoms with Crippen LogP contribution in [0.2, 0.25) is 0 Å². The number of ether oxygens (including phenoxy) is 1. The van der Waals surface area contributed by atoms with Crippen molar-refractivity contribution in [2.24, 2.45) is 0 Å². The summed E-state index contributed by atoms with van der Waals surface area (Å²) < 4.78 is 6.06. The molecule has 0 heterocycles. The van der Waals surface area contributed by atoms with Gasteiger partial charge < -0.3 is 4.74 Å². The number of hydrogen-bond acceptors (Lipinski definition) is 1. The first-order valence-corrected chi connectivity index (χ1v) is 6.08. The van der Waals surface area contributed by atoms with Crippen LogP contribution in [0.4, 0.5) is 0 Å². The first-order valence-electron chi connectivity index (χ1n) is 5.00. The number of hydrogen-bond donors (Lipinski definition) is 0. The first kappa shape index (κ1) is 9.01. The minimum absolute atomic E-state index is 0.480. The largest absolute Gasteiger partial charge is 0.496 e. The summed E-state index contributed by atoms with van der Waals surface area (Å²) >= 11 is 2.61. The van der Waals surface area contributed by atoms with Crippen molar-refractivity contribution in [3.63, 3.8) is 0 Å². The fourth-order valence-electron chi connectivity index (χ4n) is 3.03. The zero-order valence-electron chi connectivity index (χ0n) is 8.22. The van der Waals surface area contributed by atoms with Crippen LogP contribution in [0.5, 0.6) is 5.75 Å². The van der Waals surface area contributed by atoms with Crippen LogP contribution in [0, 0.1) is 0 Å². The Morgan fingerprint density at radius 3 is 2.43 bits per heavy atom. The van der Waals surface area contributed by atoms with Crippen molar-refractivity contribution in [3.05, 3.63) is 29.8 Å². The second-order valence-corrected chi connectivity index (χ2v) is 6.95. The molecular formula is C12H13IO. The fourth-order valence-corrected chi connectivity index (χ4v) is 5.22. The molecule has 0 aliphatic heterocycles. The van der Waals surface area contributed by atoms with Gasteiger partial charge in [-0.2, -0.15) is 0 Å². The molecule has 0 atom stereocenters. The zero-order chi connectivity index (χ0) is 9.81. The molecule has 3 fully saturated rings. The van der Waals surface area contributed by atoms with Gasteiger partial charge in [0.05, 0.1) is 7.11 Å². The molecule has 3 saturated carbocycles. The van der Waals surface area contributed by atoms with Gasteiger partial charge in [0, 0.05) is 14.4 Å². The summed E-state index contributed by atoms with van der Waals surface area (Å²) in [5.74, 6) is 1.07. The molecule has 0 radical (unpaired) electrons. The molecule has 14 heavy (non-hydrogen) atoms. The highest BCUT2D eigenvalue weighted by molar-refractivity contribution is 14.1. The average molecular weight is 300 g/mol. The summed E-state index contributed by atoms with van der Waals surface area (Å²) in [5, 5.41) is 0. The molecule has 1 nitrogen and oxygen atoms in total. The van der Waals surface area contributed by atoms with Crippen LogP contribution in [0.3, 0.4) is 0 Å². The predicted molar refractivity (Wildman–Crippen MR) is 65.3 cm³/mol.